The van der Waals surface area contributed by atoms with Crippen molar-refractivity contribution < 1.29 is 23.1 Å². The topological polar surface area (TPSA) is 97.6 Å². The van der Waals surface area contributed by atoms with Gasteiger partial charge in [-0.1, -0.05) is 23.9 Å². The second-order valence-corrected chi connectivity index (χ2v) is 6.87. The van der Waals surface area contributed by atoms with Crippen LogP contribution in [0.1, 0.15) is 25.8 Å². The smallest absolute Gasteiger partial charge is 0.324 e. The van der Waals surface area contributed by atoms with Gasteiger partial charge in [0, 0.05) is 13.1 Å². The fourth-order valence-electron chi connectivity index (χ4n) is 2.32. The Kier molecular flexibility index (Phi) is 5.40. The molecule has 0 bridgehead atoms. The second kappa shape index (κ2) is 7.73. The van der Waals surface area contributed by atoms with Crippen LogP contribution in [0.2, 0.25) is 0 Å². The normalized spacial score (nSPS) is 16.3. The first-order chi connectivity index (χ1) is 12.5. The Morgan fingerprint density at radius 3 is 2.85 bits per heavy atom. The first kappa shape index (κ1) is 18.2. The fraction of sp³-hybridized carbons (Fsp3) is 0.375. The molecule has 0 saturated carbocycles. The molecular formula is C16H17FN4O4S. The number of ether oxygens (including phenoxy) is 1. The van der Waals surface area contributed by atoms with E-state index in [1.165, 1.54) is 12.1 Å². The van der Waals surface area contributed by atoms with Gasteiger partial charge in [0.2, 0.25) is 5.91 Å². The molecule has 3 rings (SSSR count). The molecule has 0 spiro atoms. The largest absolute Gasteiger partial charge is 0.478 e. The highest BCUT2D eigenvalue weighted by Crippen LogP contribution is 2.28. The third-order valence-electron chi connectivity index (χ3n) is 3.66. The number of carbonyl (C=O) groups is 2. The van der Waals surface area contributed by atoms with Crippen LogP contribution in [-0.2, 0) is 4.79 Å². The van der Waals surface area contributed by atoms with Crippen molar-refractivity contribution in [3.63, 3.8) is 0 Å². The van der Waals surface area contributed by atoms with Crippen LogP contribution in [0.15, 0.2) is 33.9 Å². The van der Waals surface area contributed by atoms with E-state index >= 15 is 0 Å². The minimum Gasteiger partial charge on any atom is -0.478 e. The van der Waals surface area contributed by atoms with E-state index < -0.39 is 23.2 Å². The summed E-state index contributed by atoms with van der Waals surface area (Å²) in [6.45, 7) is 4.09. The van der Waals surface area contributed by atoms with Crippen molar-refractivity contribution in [2.75, 3.05) is 13.1 Å². The molecule has 2 aromatic rings. The van der Waals surface area contributed by atoms with Crippen molar-refractivity contribution in [2.24, 2.45) is 0 Å². The van der Waals surface area contributed by atoms with Crippen LogP contribution in [-0.4, -0.2) is 45.4 Å². The second-order valence-electron chi connectivity index (χ2n) is 5.58. The molecule has 1 aromatic carbocycles. The fourth-order valence-corrected chi connectivity index (χ4v) is 3.07. The molecule has 138 valence electrons. The number of nitrogens with zero attached hydrogens (tertiary/aromatic N) is 3. The highest BCUT2D eigenvalue weighted by atomic mass is 32.2. The third-order valence-corrected chi connectivity index (χ3v) is 4.58. The Bertz CT molecular complexity index is 815. The Morgan fingerprint density at radius 2 is 2.15 bits per heavy atom. The summed E-state index contributed by atoms with van der Waals surface area (Å²) in [5.74, 6) is -0.581. The van der Waals surface area contributed by atoms with E-state index in [2.05, 4.69) is 15.5 Å². The Labute approximate surface area is 153 Å². The van der Waals surface area contributed by atoms with Crippen LogP contribution >= 0.6 is 11.8 Å². The zero-order chi connectivity index (χ0) is 18.7. The van der Waals surface area contributed by atoms with E-state index in [1.54, 1.807) is 26.0 Å². The van der Waals surface area contributed by atoms with E-state index in [9.17, 15) is 14.0 Å². The number of hydrogen-bond donors (Lipinski definition) is 1. The number of nitrogens with one attached hydrogen (secondary N) is 1. The predicted molar refractivity (Wildman–Crippen MR) is 90.2 cm³/mol. The maximum Gasteiger partial charge on any atom is 0.324 e. The van der Waals surface area contributed by atoms with Crippen molar-refractivity contribution in [2.45, 2.75) is 30.4 Å². The van der Waals surface area contributed by atoms with Gasteiger partial charge >= 0.3 is 6.03 Å². The molecular weight excluding hydrogens is 363 g/mol. The summed E-state index contributed by atoms with van der Waals surface area (Å²) >= 11 is 1.05. The standard InChI is InChI=1S/C16H17FN4O4S/c1-9(24-12-6-4-3-5-11(12)17)13-19-20-16(25-13)26-10(2)14(22)21-8-7-18-15(21)23/h3-6,9-10H,7-8H2,1-2H3,(H,18,23)/t9-,10-/m0/s1. The van der Waals surface area contributed by atoms with Crippen molar-refractivity contribution in [1.29, 1.82) is 0 Å². The quantitative estimate of drug-likeness (QED) is 0.769. The van der Waals surface area contributed by atoms with Gasteiger partial charge < -0.3 is 14.5 Å². The molecule has 10 heteroatoms. The Morgan fingerprint density at radius 1 is 1.38 bits per heavy atom. The van der Waals surface area contributed by atoms with E-state index in [0.29, 0.717) is 13.1 Å². The van der Waals surface area contributed by atoms with E-state index in [1.807, 2.05) is 0 Å². The maximum absolute atomic E-state index is 13.6. The molecule has 1 saturated heterocycles. The molecule has 0 unspecified atom stereocenters. The SMILES string of the molecule is C[C@H](Sc1nnc([C@H](C)Oc2ccccc2F)o1)C(=O)N1CCNC1=O. The predicted octanol–water partition coefficient (Wildman–Crippen LogP) is 2.38. The lowest BCUT2D eigenvalue weighted by atomic mass is 10.3. The zero-order valence-corrected chi connectivity index (χ0v) is 15.0. The molecule has 26 heavy (non-hydrogen) atoms. The lowest BCUT2D eigenvalue weighted by molar-refractivity contribution is -0.126. The number of para-hydroxylation sites is 1. The zero-order valence-electron chi connectivity index (χ0n) is 14.1. The van der Waals surface area contributed by atoms with Gasteiger partial charge in [0.15, 0.2) is 17.7 Å². The summed E-state index contributed by atoms with van der Waals surface area (Å²) < 4.78 is 24.6. The summed E-state index contributed by atoms with van der Waals surface area (Å²) in [6.07, 6.45) is -0.663. The average molecular weight is 380 g/mol. The number of hydrogen-bond acceptors (Lipinski definition) is 7. The van der Waals surface area contributed by atoms with Crippen LogP contribution in [0.3, 0.4) is 0 Å². The Balaban J connectivity index is 1.61. The van der Waals surface area contributed by atoms with Crippen LogP contribution in [0.25, 0.3) is 0 Å². The minimum atomic E-state index is -0.663. The van der Waals surface area contributed by atoms with Gasteiger partial charge in [-0.3, -0.25) is 9.69 Å². The van der Waals surface area contributed by atoms with Gasteiger partial charge in [0.25, 0.3) is 11.1 Å². The number of urea groups is 1. The Hall–Kier alpha value is -2.62. The number of imide groups is 1. The molecule has 3 amide bonds. The maximum atomic E-state index is 13.6. The average Bonchev–Trinajstić information content (AvgIpc) is 3.25. The van der Waals surface area contributed by atoms with Crippen LogP contribution in [0.4, 0.5) is 9.18 Å². The summed E-state index contributed by atoms with van der Waals surface area (Å²) in [4.78, 5) is 25.0. The van der Waals surface area contributed by atoms with Crippen molar-refractivity contribution >= 4 is 23.7 Å². The van der Waals surface area contributed by atoms with Crippen LogP contribution < -0.4 is 10.1 Å². The number of carbonyl (C=O) groups excluding carboxylic acids is 2. The van der Waals surface area contributed by atoms with Crippen molar-refractivity contribution in [3.8, 4) is 5.75 Å². The van der Waals surface area contributed by atoms with Gasteiger partial charge in [-0.25, -0.2) is 9.18 Å². The molecule has 8 nitrogen and oxygen atoms in total. The summed E-state index contributed by atoms with van der Waals surface area (Å²) in [5.41, 5.74) is 0. The van der Waals surface area contributed by atoms with Crippen molar-refractivity contribution in [1.82, 2.24) is 20.4 Å². The number of halogens is 1. The van der Waals surface area contributed by atoms with Gasteiger partial charge in [-0.15, -0.1) is 10.2 Å². The van der Waals surface area contributed by atoms with Gasteiger partial charge in [-0.2, -0.15) is 0 Å². The number of amides is 3. The van der Waals surface area contributed by atoms with Crippen LogP contribution in [0, 0.1) is 5.82 Å². The van der Waals surface area contributed by atoms with Gasteiger partial charge in [0.05, 0.1) is 5.25 Å². The molecule has 1 N–H and O–H groups in total. The molecule has 1 aliphatic rings. The molecule has 0 aliphatic carbocycles. The number of aromatic nitrogens is 2. The van der Waals surface area contributed by atoms with Gasteiger partial charge in [0.1, 0.15) is 0 Å². The number of benzene rings is 1. The molecule has 2 atom stereocenters. The number of thioether (sulfide) groups is 1. The van der Waals surface area contributed by atoms with E-state index in [0.717, 1.165) is 16.7 Å². The highest BCUT2D eigenvalue weighted by molar-refractivity contribution is 8.00. The first-order valence-corrected chi connectivity index (χ1v) is 8.84. The molecule has 1 fully saturated rings. The monoisotopic (exact) mass is 380 g/mol. The summed E-state index contributed by atoms with van der Waals surface area (Å²) in [6, 6.07) is 5.61. The summed E-state index contributed by atoms with van der Waals surface area (Å²) in [5, 5.41) is 9.92. The van der Waals surface area contributed by atoms with Crippen molar-refractivity contribution in [3.05, 3.63) is 36.0 Å². The lowest BCUT2D eigenvalue weighted by Gasteiger charge is -2.15. The third kappa shape index (κ3) is 3.96. The first-order valence-electron chi connectivity index (χ1n) is 7.96. The van der Waals surface area contributed by atoms with Gasteiger partial charge in [-0.05, 0) is 26.0 Å². The highest BCUT2D eigenvalue weighted by Gasteiger charge is 2.31. The minimum absolute atomic E-state index is 0.0796. The molecule has 1 aromatic heterocycles. The summed E-state index contributed by atoms with van der Waals surface area (Å²) in [7, 11) is 0. The lowest BCUT2D eigenvalue weighted by Crippen LogP contribution is -2.38. The van der Waals surface area contributed by atoms with E-state index in [4.69, 9.17) is 9.15 Å². The number of rotatable bonds is 6. The molecule has 2 heterocycles. The van der Waals surface area contributed by atoms with Crippen LogP contribution in [0.5, 0.6) is 5.75 Å². The molecule has 1 aliphatic heterocycles. The van der Waals surface area contributed by atoms with E-state index in [-0.39, 0.29) is 22.8 Å². The molecule has 0 radical (unpaired) electrons.